The minimum absolute atomic E-state index is 0.0459. The lowest BCUT2D eigenvalue weighted by molar-refractivity contribution is -0.115. The van der Waals surface area contributed by atoms with Crippen molar-refractivity contribution in [1.29, 1.82) is 0 Å². The van der Waals surface area contributed by atoms with Gasteiger partial charge in [0.25, 0.3) is 0 Å². The Morgan fingerprint density at radius 2 is 1.47 bits per heavy atom. The lowest BCUT2D eigenvalue weighted by Crippen LogP contribution is -2.25. The Morgan fingerprint density at radius 1 is 1.00 bits per heavy atom. The second-order valence-electron chi connectivity index (χ2n) is 4.18. The summed E-state index contributed by atoms with van der Waals surface area (Å²) in [6.07, 6.45) is 0. The summed E-state index contributed by atoms with van der Waals surface area (Å²) < 4.78 is 7.69. The van der Waals surface area contributed by atoms with Gasteiger partial charge in [-0.05, 0) is 36.4 Å². The SMILES string of the molecule is CC(=O)N1c2ccc(Br)cc2Oc2cc(Br)ccc21. The minimum atomic E-state index is -0.0459. The van der Waals surface area contributed by atoms with Crippen molar-refractivity contribution in [3.63, 3.8) is 0 Å². The smallest absolute Gasteiger partial charge is 0.228 e. The van der Waals surface area contributed by atoms with E-state index in [1.54, 1.807) is 11.8 Å². The fourth-order valence-electron chi connectivity index (χ4n) is 2.10. The molecule has 0 unspecified atom stereocenters. The number of hydrogen-bond donors (Lipinski definition) is 0. The summed E-state index contributed by atoms with van der Waals surface area (Å²) in [4.78, 5) is 13.6. The number of nitrogens with zero attached hydrogens (tertiary/aromatic N) is 1. The molecule has 2 aromatic rings. The number of anilines is 2. The Hall–Kier alpha value is -1.33. The molecule has 0 atom stereocenters. The highest BCUT2D eigenvalue weighted by Gasteiger charge is 2.27. The van der Waals surface area contributed by atoms with Gasteiger partial charge in [-0.3, -0.25) is 9.69 Å². The summed E-state index contributed by atoms with van der Waals surface area (Å²) in [6, 6.07) is 11.2. The summed E-state index contributed by atoms with van der Waals surface area (Å²) in [6.45, 7) is 1.54. The third kappa shape index (κ3) is 2.17. The van der Waals surface area contributed by atoms with Crippen LogP contribution in [0.1, 0.15) is 6.92 Å². The lowest BCUT2D eigenvalue weighted by atomic mass is 10.1. The zero-order chi connectivity index (χ0) is 13.6. The number of ether oxygens (including phenoxy) is 1. The van der Waals surface area contributed by atoms with Gasteiger partial charge in [0.15, 0.2) is 11.5 Å². The van der Waals surface area contributed by atoms with Gasteiger partial charge in [-0.1, -0.05) is 31.9 Å². The highest BCUT2D eigenvalue weighted by molar-refractivity contribution is 9.10. The number of rotatable bonds is 0. The van der Waals surface area contributed by atoms with Gasteiger partial charge in [0.2, 0.25) is 5.91 Å². The van der Waals surface area contributed by atoms with E-state index in [0.717, 1.165) is 20.3 Å². The first kappa shape index (κ1) is 12.7. The first-order chi connectivity index (χ1) is 9.06. The Morgan fingerprint density at radius 3 is 1.89 bits per heavy atom. The van der Waals surface area contributed by atoms with Crippen molar-refractivity contribution in [2.45, 2.75) is 6.92 Å². The molecule has 1 heterocycles. The van der Waals surface area contributed by atoms with Crippen molar-refractivity contribution >= 4 is 49.1 Å². The van der Waals surface area contributed by atoms with E-state index in [2.05, 4.69) is 31.9 Å². The van der Waals surface area contributed by atoms with Crippen molar-refractivity contribution in [2.24, 2.45) is 0 Å². The molecule has 3 nitrogen and oxygen atoms in total. The fourth-order valence-corrected chi connectivity index (χ4v) is 2.78. The van der Waals surface area contributed by atoms with Gasteiger partial charge < -0.3 is 4.74 Å². The van der Waals surface area contributed by atoms with E-state index in [1.165, 1.54) is 0 Å². The average molecular weight is 383 g/mol. The van der Waals surface area contributed by atoms with Crippen molar-refractivity contribution < 1.29 is 9.53 Å². The molecule has 0 spiro atoms. The number of hydrogen-bond acceptors (Lipinski definition) is 2. The third-order valence-electron chi connectivity index (χ3n) is 2.86. The van der Waals surface area contributed by atoms with Gasteiger partial charge in [0.05, 0.1) is 11.4 Å². The van der Waals surface area contributed by atoms with E-state index in [-0.39, 0.29) is 5.91 Å². The number of fused-ring (bicyclic) bond motifs is 2. The quantitative estimate of drug-likeness (QED) is 0.641. The van der Waals surface area contributed by atoms with Gasteiger partial charge >= 0.3 is 0 Å². The van der Waals surface area contributed by atoms with Crippen LogP contribution in [0.2, 0.25) is 0 Å². The number of amides is 1. The Labute approximate surface area is 127 Å². The van der Waals surface area contributed by atoms with Crippen LogP contribution in [0.25, 0.3) is 0 Å². The van der Waals surface area contributed by atoms with Crippen LogP contribution < -0.4 is 9.64 Å². The molecule has 0 saturated carbocycles. The van der Waals surface area contributed by atoms with Crippen LogP contribution >= 0.6 is 31.9 Å². The first-order valence-corrected chi connectivity index (χ1v) is 7.22. The molecule has 0 aliphatic carbocycles. The largest absolute Gasteiger partial charge is 0.453 e. The molecule has 5 heteroatoms. The van der Waals surface area contributed by atoms with Crippen LogP contribution in [0.4, 0.5) is 11.4 Å². The number of benzene rings is 2. The van der Waals surface area contributed by atoms with Crippen LogP contribution in [0.5, 0.6) is 11.5 Å². The average Bonchev–Trinajstić information content (AvgIpc) is 2.35. The van der Waals surface area contributed by atoms with Crippen molar-refractivity contribution in [1.82, 2.24) is 0 Å². The molecule has 96 valence electrons. The molecule has 0 bridgehead atoms. The molecule has 1 aliphatic heterocycles. The van der Waals surface area contributed by atoms with Gasteiger partial charge in [0, 0.05) is 15.9 Å². The van der Waals surface area contributed by atoms with E-state index >= 15 is 0 Å². The van der Waals surface area contributed by atoms with Gasteiger partial charge in [0.1, 0.15) is 0 Å². The number of halogens is 2. The van der Waals surface area contributed by atoms with Crippen LogP contribution in [-0.4, -0.2) is 5.91 Å². The van der Waals surface area contributed by atoms with E-state index in [1.807, 2.05) is 36.4 Å². The third-order valence-corrected chi connectivity index (χ3v) is 3.85. The number of carbonyl (C=O) groups is 1. The second kappa shape index (κ2) is 4.65. The highest BCUT2D eigenvalue weighted by Crippen LogP contribution is 2.48. The lowest BCUT2D eigenvalue weighted by Gasteiger charge is -2.30. The molecular formula is C14H9Br2NO2. The van der Waals surface area contributed by atoms with Crippen molar-refractivity contribution in [3.05, 3.63) is 45.3 Å². The monoisotopic (exact) mass is 381 g/mol. The maximum atomic E-state index is 11.9. The van der Waals surface area contributed by atoms with Crippen LogP contribution in [0.3, 0.4) is 0 Å². The zero-order valence-electron chi connectivity index (χ0n) is 9.98. The van der Waals surface area contributed by atoms with Crippen molar-refractivity contribution in [3.8, 4) is 11.5 Å². The molecule has 1 amide bonds. The molecule has 3 rings (SSSR count). The Kier molecular flexibility index (Phi) is 3.11. The van der Waals surface area contributed by atoms with Crippen molar-refractivity contribution in [2.75, 3.05) is 4.90 Å². The summed E-state index contributed by atoms with van der Waals surface area (Å²) in [5, 5.41) is 0. The van der Waals surface area contributed by atoms with Gasteiger partial charge in [-0.15, -0.1) is 0 Å². The summed E-state index contributed by atoms with van der Waals surface area (Å²) >= 11 is 6.82. The molecule has 0 fully saturated rings. The first-order valence-electron chi connectivity index (χ1n) is 5.64. The van der Waals surface area contributed by atoms with E-state index in [4.69, 9.17) is 4.74 Å². The van der Waals surface area contributed by atoms with E-state index in [9.17, 15) is 4.79 Å². The maximum absolute atomic E-state index is 11.9. The number of carbonyl (C=O) groups excluding carboxylic acids is 1. The summed E-state index contributed by atoms with van der Waals surface area (Å²) in [5.74, 6) is 1.28. The summed E-state index contributed by atoms with van der Waals surface area (Å²) in [5.41, 5.74) is 1.51. The molecule has 0 N–H and O–H groups in total. The Bertz CT molecular complexity index is 634. The van der Waals surface area contributed by atoms with Gasteiger partial charge in [-0.2, -0.15) is 0 Å². The maximum Gasteiger partial charge on any atom is 0.228 e. The fraction of sp³-hybridized carbons (Fsp3) is 0.0714. The predicted octanol–water partition coefficient (Wildman–Crippen LogP) is 5.00. The van der Waals surface area contributed by atoms with Gasteiger partial charge in [-0.25, -0.2) is 0 Å². The van der Waals surface area contributed by atoms with Crippen LogP contribution in [0, 0.1) is 0 Å². The molecule has 0 saturated heterocycles. The molecule has 2 aromatic carbocycles. The van der Waals surface area contributed by atoms with Crippen LogP contribution in [0.15, 0.2) is 45.3 Å². The molecular weight excluding hydrogens is 374 g/mol. The van der Waals surface area contributed by atoms with E-state index < -0.39 is 0 Å². The highest BCUT2D eigenvalue weighted by atomic mass is 79.9. The molecule has 19 heavy (non-hydrogen) atoms. The topological polar surface area (TPSA) is 29.5 Å². The predicted molar refractivity (Wildman–Crippen MR) is 81.2 cm³/mol. The normalized spacial score (nSPS) is 12.5. The van der Waals surface area contributed by atoms with Crippen LogP contribution in [-0.2, 0) is 4.79 Å². The van der Waals surface area contributed by atoms with E-state index in [0.29, 0.717) is 11.5 Å². The zero-order valence-corrected chi connectivity index (χ0v) is 13.2. The molecule has 1 aliphatic rings. The Balaban J connectivity index is 2.23. The minimum Gasteiger partial charge on any atom is -0.453 e. The summed E-state index contributed by atoms with van der Waals surface area (Å²) in [7, 11) is 0. The standard InChI is InChI=1S/C14H9Br2NO2/c1-8(18)17-11-4-2-9(15)6-13(11)19-14-7-10(16)3-5-12(14)17/h2-7H,1H3. The molecule has 0 aromatic heterocycles. The molecule has 0 radical (unpaired) electrons. The second-order valence-corrected chi connectivity index (χ2v) is 6.01.